The van der Waals surface area contributed by atoms with Crippen molar-refractivity contribution in [3.8, 4) is 23.1 Å². The number of benzene rings is 2. The first-order valence-corrected chi connectivity index (χ1v) is 19.5. The Morgan fingerprint density at radius 2 is 1.63 bits per heavy atom. The third-order valence-electron chi connectivity index (χ3n) is 10.7. The Kier molecular flexibility index (Phi) is 14.4. The third-order valence-corrected chi connectivity index (χ3v) is 10.7. The van der Waals surface area contributed by atoms with Crippen LogP contribution in [0.2, 0.25) is 0 Å². The molecule has 0 radical (unpaired) electrons. The van der Waals surface area contributed by atoms with E-state index in [1.165, 1.54) is 0 Å². The fourth-order valence-electron chi connectivity index (χ4n) is 7.03. The summed E-state index contributed by atoms with van der Waals surface area (Å²) in [5, 5.41) is 25.5. The summed E-state index contributed by atoms with van der Waals surface area (Å²) in [4.78, 5) is 32.5. The zero-order valence-electron chi connectivity index (χ0n) is 33.8. The summed E-state index contributed by atoms with van der Waals surface area (Å²) in [6.45, 7) is 0.389. The Morgan fingerprint density at radius 3 is 2.21 bits per heavy atom. The summed E-state index contributed by atoms with van der Waals surface area (Å²) in [7, 11) is 0.915. The number of carbonyl (C=O) groups excluding carboxylic acids is 2. The number of pyridine rings is 1. The highest BCUT2D eigenvalue weighted by molar-refractivity contribution is 5.87. The Labute approximate surface area is 352 Å². The first kappa shape index (κ1) is 45.8. The van der Waals surface area contributed by atoms with E-state index < -0.39 is 78.6 Å². The Balaban J connectivity index is 1.15. The van der Waals surface area contributed by atoms with Crippen molar-refractivity contribution in [2.45, 2.75) is 69.8 Å². The molecular formula is C42H45F7N8O5. The minimum absolute atomic E-state index is 0.0999. The molecule has 4 heterocycles. The van der Waals surface area contributed by atoms with Gasteiger partial charge in [0.25, 0.3) is 0 Å². The Morgan fingerprint density at radius 1 is 0.984 bits per heavy atom. The predicted molar refractivity (Wildman–Crippen MR) is 212 cm³/mol. The molecule has 2 bridgehead atoms. The van der Waals surface area contributed by atoms with Gasteiger partial charge in [-0.25, -0.2) is 23.2 Å². The lowest BCUT2D eigenvalue weighted by Gasteiger charge is -2.42. The number of aliphatic hydroxyl groups excluding tert-OH is 1. The summed E-state index contributed by atoms with van der Waals surface area (Å²) >= 11 is 0. The van der Waals surface area contributed by atoms with Crippen LogP contribution in [0.3, 0.4) is 0 Å². The SMILES string of the molecule is COC(=O)N[C@H](C(=O)N[C@@H](Cc1ccc(C#Cc2ccc(N3CC4COCC(C3)N4)nc2)cc1)[C@@H](O)CNCc1c(F)cc(-c2ccn(C(F)F)n2)cc1F)C(C)(C)C(F)(F)F. The number of nitrogens with one attached hydrogen (secondary N) is 4. The number of anilines is 1. The Hall–Kier alpha value is -5.75. The number of ether oxygens (including phenoxy) is 2. The van der Waals surface area contributed by atoms with Gasteiger partial charge in [-0.1, -0.05) is 24.0 Å². The van der Waals surface area contributed by atoms with Gasteiger partial charge in [0, 0.05) is 72.9 Å². The van der Waals surface area contributed by atoms with Gasteiger partial charge in [0.05, 0.1) is 43.6 Å². The van der Waals surface area contributed by atoms with Gasteiger partial charge in [0.2, 0.25) is 5.91 Å². The van der Waals surface area contributed by atoms with Gasteiger partial charge >= 0.3 is 18.8 Å². The number of methoxy groups -OCH3 is 1. The summed E-state index contributed by atoms with van der Waals surface area (Å²) in [5.74, 6) is 3.57. The van der Waals surface area contributed by atoms with Gasteiger partial charge in [-0.2, -0.15) is 27.1 Å². The van der Waals surface area contributed by atoms with Crippen LogP contribution in [0.5, 0.6) is 0 Å². The lowest BCUT2D eigenvalue weighted by molar-refractivity contribution is -0.220. The number of hydrogen-bond donors (Lipinski definition) is 5. The topological polar surface area (TPSA) is 155 Å². The molecule has 62 heavy (non-hydrogen) atoms. The molecule has 2 unspecified atom stereocenters. The molecule has 13 nitrogen and oxygen atoms in total. The number of aromatic nitrogens is 3. The number of aliphatic hydroxyl groups is 1. The van der Waals surface area contributed by atoms with E-state index in [4.69, 9.17) is 4.74 Å². The van der Waals surface area contributed by atoms with E-state index in [1.54, 1.807) is 30.5 Å². The molecule has 2 aromatic heterocycles. The highest BCUT2D eigenvalue weighted by Gasteiger charge is 2.56. The first-order chi connectivity index (χ1) is 29.4. The molecule has 6 rings (SSSR count). The van der Waals surface area contributed by atoms with E-state index in [1.807, 2.05) is 17.4 Å². The minimum Gasteiger partial charge on any atom is -0.453 e. The van der Waals surface area contributed by atoms with Crippen molar-refractivity contribution in [3.63, 3.8) is 0 Å². The predicted octanol–water partition coefficient (Wildman–Crippen LogP) is 4.69. The van der Waals surface area contributed by atoms with Crippen LogP contribution in [-0.4, -0.2) is 108 Å². The lowest BCUT2D eigenvalue weighted by atomic mass is 9.82. The number of nitrogens with zero attached hydrogens (tertiary/aromatic N) is 4. The summed E-state index contributed by atoms with van der Waals surface area (Å²) in [6, 6.07) is 10.4. The molecule has 2 aliphatic heterocycles. The zero-order chi connectivity index (χ0) is 44.8. The maximum Gasteiger partial charge on any atom is 0.407 e. The average molecular weight is 875 g/mol. The molecule has 2 aromatic carbocycles. The number of amides is 2. The normalized spacial score (nSPS) is 18.0. The molecule has 2 fully saturated rings. The molecule has 2 aliphatic rings. The molecule has 0 spiro atoms. The van der Waals surface area contributed by atoms with E-state index in [9.17, 15) is 36.6 Å². The van der Waals surface area contributed by atoms with Gasteiger partial charge in [0.1, 0.15) is 23.5 Å². The molecule has 2 saturated heterocycles. The van der Waals surface area contributed by atoms with E-state index in [2.05, 4.69) is 47.5 Å². The third kappa shape index (κ3) is 11.2. The first-order valence-electron chi connectivity index (χ1n) is 19.5. The number of morpholine rings is 1. The largest absolute Gasteiger partial charge is 0.453 e. The second-order valence-corrected chi connectivity index (χ2v) is 15.5. The highest BCUT2D eigenvalue weighted by Crippen LogP contribution is 2.40. The van der Waals surface area contributed by atoms with Crippen LogP contribution in [0.25, 0.3) is 11.3 Å². The molecule has 20 heteroatoms. The smallest absolute Gasteiger partial charge is 0.407 e. The van der Waals surface area contributed by atoms with Gasteiger partial charge in [0.15, 0.2) is 0 Å². The van der Waals surface area contributed by atoms with Gasteiger partial charge < -0.3 is 40.7 Å². The van der Waals surface area contributed by atoms with Crippen LogP contribution in [0.1, 0.15) is 42.7 Å². The minimum atomic E-state index is -4.98. The standard InChI is InChI=1S/C42H45F7N8O5/c1-41(2,42(47,48)49)37(54-40(60)61-3)38(59)53-34(35(58)19-50-18-30-31(43)15-27(16-32(30)44)33-12-13-57(55-33)39(45)46)14-25-7-4-24(5-8-25)6-9-26-10-11-36(51-17-26)56-20-28-22-62-23-29(21-56)52-28/h4-5,7-8,10-13,15-17,28-29,34-35,37,39,50,52,58H,14,18-23H2,1-3H3,(H,53,59)(H,54,60)/t28?,29?,34-,35-,37+/m0/s1. The van der Waals surface area contributed by atoms with Crippen molar-refractivity contribution in [1.29, 1.82) is 0 Å². The van der Waals surface area contributed by atoms with Crippen LogP contribution >= 0.6 is 0 Å². The summed E-state index contributed by atoms with van der Waals surface area (Å²) in [5.41, 5.74) is -1.69. The van der Waals surface area contributed by atoms with Crippen LogP contribution in [0, 0.1) is 28.9 Å². The lowest BCUT2D eigenvalue weighted by Crippen LogP contribution is -2.63. The molecule has 4 aromatic rings. The summed E-state index contributed by atoms with van der Waals surface area (Å²) in [6.07, 6.45) is -5.36. The van der Waals surface area contributed by atoms with E-state index in [0.29, 0.717) is 34.6 Å². The number of rotatable bonds is 14. The van der Waals surface area contributed by atoms with Crippen LogP contribution in [0.4, 0.5) is 41.3 Å². The molecule has 2 amide bonds. The van der Waals surface area contributed by atoms with Crippen molar-refractivity contribution in [2.75, 3.05) is 44.9 Å². The van der Waals surface area contributed by atoms with E-state index >= 15 is 8.78 Å². The fraction of sp³-hybridized carbons (Fsp3) is 0.429. The highest BCUT2D eigenvalue weighted by atomic mass is 19.4. The number of carbonyl (C=O) groups is 2. The fourth-order valence-corrected chi connectivity index (χ4v) is 7.03. The molecule has 0 aliphatic carbocycles. The maximum absolute atomic E-state index is 15.1. The Bertz CT molecular complexity index is 2210. The van der Waals surface area contributed by atoms with Crippen LogP contribution in [0.15, 0.2) is 67.0 Å². The summed E-state index contributed by atoms with van der Waals surface area (Å²) < 4.78 is 109. The molecular weight excluding hydrogens is 829 g/mol. The van der Waals surface area contributed by atoms with Crippen molar-refractivity contribution in [3.05, 3.63) is 101 Å². The van der Waals surface area contributed by atoms with E-state index in [-0.39, 0.29) is 29.8 Å². The monoisotopic (exact) mass is 874 g/mol. The van der Waals surface area contributed by atoms with Crippen molar-refractivity contribution in [1.82, 2.24) is 36.0 Å². The zero-order valence-corrected chi connectivity index (χ0v) is 33.8. The number of piperazine rings is 1. The van der Waals surface area contributed by atoms with Crippen LogP contribution < -0.4 is 26.2 Å². The molecule has 5 atom stereocenters. The molecule has 0 saturated carbocycles. The number of alkyl halides is 5. The molecule has 332 valence electrons. The van der Waals surface area contributed by atoms with Gasteiger partial charge in [-0.3, -0.25) is 4.79 Å². The number of halogens is 7. The number of fused-ring (bicyclic) bond motifs is 2. The van der Waals surface area contributed by atoms with Gasteiger partial charge in [-0.05, 0) is 68.3 Å². The van der Waals surface area contributed by atoms with Gasteiger partial charge in [-0.15, -0.1) is 0 Å². The quantitative estimate of drug-likeness (QED) is 0.0892. The second-order valence-electron chi connectivity index (χ2n) is 15.5. The second kappa shape index (κ2) is 19.5. The van der Waals surface area contributed by atoms with Crippen molar-refractivity contribution in [2.24, 2.45) is 5.41 Å². The average Bonchev–Trinajstić information content (AvgIpc) is 3.74. The number of hydrogen-bond acceptors (Lipinski definition) is 10. The van der Waals surface area contributed by atoms with Crippen LogP contribution in [-0.2, 0) is 27.2 Å². The van der Waals surface area contributed by atoms with E-state index in [0.717, 1.165) is 64.3 Å². The maximum atomic E-state index is 15.1. The number of alkyl carbamates (subject to hydrolysis) is 1. The van der Waals surface area contributed by atoms with Crippen molar-refractivity contribution >= 4 is 17.8 Å². The molecule has 5 N–H and O–H groups in total. The van der Waals surface area contributed by atoms with Crippen molar-refractivity contribution < 1.29 is 54.9 Å².